The van der Waals surface area contributed by atoms with E-state index in [1.54, 1.807) is 12.4 Å². The van der Waals surface area contributed by atoms with Crippen molar-refractivity contribution in [2.24, 2.45) is 0 Å². The molecule has 2 aromatic rings. The Kier molecular flexibility index (Phi) is 75.5. The minimum Gasteiger partial charge on any atom is -0.390 e. The van der Waals surface area contributed by atoms with E-state index in [-0.39, 0.29) is 64.2 Å². The normalized spacial score (nSPS) is 20.4. The second kappa shape index (κ2) is 82.5. The van der Waals surface area contributed by atoms with E-state index in [9.17, 15) is 60.7 Å². The molecular formula is C106H202N8O17. The molecule has 2 aromatic heterocycles. The zero-order valence-electron chi connectivity index (χ0n) is 84.0. The molecular weight excluding hydrogens is 1660 g/mol. The number of amides is 2. The molecule has 2 aliphatic heterocycles. The van der Waals surface area contributed by atoms with Gasteiger partial charge >= 0.3 is 0 Å². The molecule has 768 valence electrons. The van der Waals surface area contributed by atoms with E-state index in [1.807, 2.05) is 0 Å². The Bertz CT molecular complexity index is 2690. The molecule has 2 fully saturated rings. The number of nitrogens with zero attached hydrogens (tertiary/aromatic N) is 6. The van der Waals surface area contributed by atoms with E-state index in [1.165, 1.54) is 356 Å². The number of carbonyl (C=O) groups excluding carboxylic acids is 2. The van der Waals surface area contributed by atoms with Crippen LogP contribution in [0.1, 0.15) is 514 Å². The third-order valence-corrected chi connectivity index (χ3v) is 27.7. The van der Waals surface area contributed by atoms with E-state index in [0.29, 0.717) is 49.9 Å². The number of unbranched alkanes of at least 4 members (excludes halogenated alkanes) is 66. The molecule has 0 bridgehead atoms. The van der Waals surface area contributed by atoms with Crippen LogP contribution in [0.25, 0.3) is 0 Å². The van der Waals surface area contributed by atoms with Gasteiger partial charge in [0, 0.05) is 12.8 Å². The number of rotatable bonds is 94. The highest BCUT2D eigenvalue weighted by molar-refractivity contribution is 5.76. The highest BCUT2D eigenvalue weighted by Gasteiger charge is 2.47. The summed E-state index contributed by atoms with van der Waals surface area (Å²) in [6.45, 7) is 7.90. The number of hydrogen-bond acceptors (Lipinski definition) is 21. The summed E-state index contributed by atoms with van der Waals surface area (Å²) in [4.78, 5) is 27.2. The third kappa shape index (κ3) is 60.3. The summed E-state index contributed by atoms with van der Waals surface area (Å²) < 4.78 is 33.1. The van der Waals surface area contributed by atoms with Gasteiger partial charge in [-0.15, -0.1) is 10.2 Å². The van der Waals surface area contributed by atoms with Crippen molar-refractivity contribution in [1.82, 2.24) is 40.6 Å². The lowest BCUT2D eigenvalue weighted by Gasteiger charge is -2.40. The number of ether oxygens (including phenoxy) is 5. The zero-order chi connectivity index (χ0) is 94.5. The molecule has 16 atom stereocenters. The van der Waals surface area contributed by atoms with Crippen LogP contribution in [0.5, 0.6) is 0 Å². The Labute approximate surface area is 796 Å². The monoisotopic (exact) mass is 1860 g/mol. The molecule has 25 heteroatoms. The standard InChI is InChI=1S/C106H202N8O17/c1-5-9-13-17-21-25-29-33-35-37-39-41-43-45-47-49-51-53-57-61-65-69-73-77-95(117)107-89(97(119)91(115)75-71-67-63-59-55-31-27-23-19-15-11-7-3)85-128-105-103(125)101(123)99(121)93(130-105)81-113-79-87(109-111-113)83-127-84-88-80-114(112-110-88)82-94-100(122)102(124)104(126)106(131-94)129-86-90(98(120)92(116)76-72-68-64-60-56-32-28-24-20-16-12-8-4)108-96(118)78-74-70-66-62-58-54-52-50-48-46-44-42-40-38-36-34-30-26-22-18-14-10-6-2/h79-80,89-94,97-106,115-116,119-126H,5-78,81-86H2,1-4H3,(H,107,117)(H,108,118)/t89-,90-,91+,92+,93+,94+,97-,98-,99-,100-,101-,102-,103+,104+,105-,106-/m0/s1. The van der Waals surface area contributed by atoms with Crippen molar-refractivity contribution in [3.8, 4) is 0 Å². The van der Waals surface area contributed by atoms with Crippen LogP contribution in [0.2, 0.25) is 0 Å². The van der Waals surface area contributed by atoms with E-state index < -0.39 is 97.9 Å². The second-order valence-electron chi connectivity index (χ2n) is 39.9. The quantitative estimate of drug-likeness (QED) is 0.0274. The number of hydrogen-bond donors (Lipinski definition) is 12. The first-order chi connectivity index (χ1) is 64.0. The fraction of sp³-hybridized carbons (Fsp3) is 0.943. The Hall–Kier alpha value is -3.38. The molecule has 0 saturated carbocycles. The van der Waals surface area contributed by atoms with E-state index in [2.05, 4.69) is 59.0 Å². The van der Waals surface area contributed by atoms with Crippen molar-refractivity contribution in [3.05, 3.63) is 23.8 Å². The van der Waals surface area contributed by atoms with E-state index >= 15 is 0 Å². The number of aromatic nitrogens is 6. The summed E-state index contributed by atoms with van der Waals surface area (Å²) in [7, 11) is 0. The summed E-state index contributed by atoms with van der Waals surface area (Å²) in [5.74, 6) is -0.591. The highest BCUT2D eigenvalue weighted by atomic mass is 16.7. The van der Waals surface area contributed by atoms with Gasteiger partial charge in [-0.3, -0.25) is 9.59 Å². The van der Waals surface area contributed by atoms with Crippen LogP contribution < -0.4 is 10.6 Å². The minimum atomic E-state index is -1.71. The van der Waals surface area contributed by atoms with Gasteiger partial charge in [0.05, 0.1) is 76.2 Å². The van der Waals surface area contributed by atoms with E-state index in [0.717, 1.165) is 77.0 Å². The van der Waals surface area contributed by atoms with Crippen molar-refractivity contribution in [2.45, 2.75) is 627 Å². The van der Waals surface area contributed by atoms with Crippen molar-refractivity contribution in [3.63, 3.8) is 0 Å². The number of carbonyl (C=O) groups is 2. The maximum absolute atomic E-state index is 13.6. The molecule has 2 amide bonds. The summed E-state index contributed by atoms with van der Waals surface area (Å²) in [6, 6.07) is -2.17. The van der Waals surface area contributed by atoms with Gasteiger partial charge in [-0.2, -0.15) is 0 Å². The van der Waals surface area contributed by atoms with Gasteiger partial charge in [0.15, 0.2) is 12.6 Å². The Morgan fingerprint density at radius 3 is 0.756 bits per heavy atom. The Morgan fingerprint density at radius 1 is 0.313 bits per heavy atom. The predicted octanol–water partition coefficient (Wildman–Crippen LogP) is 21.6. The van der Waals surface area contributed by atoms with Gasteiger partial charge < -0.3 is 85.4 Å². The van der Waals surface area contributed by atoms with Gasteiger partial charge in [0.1, 0.15) is 72.4 Å². The molecule has 25 nitrogen and oxygen atoms in total. The first-order valence-electron chi connectivity index (χ1n) is 55.3. The summed E-state index contributed by atoms with van der Waals surface area (Å²) in [5.41, 5.74) is 0.766. The first kappa shape index (κ1) is 120. The summed E-state index contributed by atoms with van der Waals surface area (Å²) in [6.07, 6.45) is 70.2. The van der Waals surface area contributed by atoms with E-state index in [4.69, 9.17) is 23.7 Å². The van der Waals surface area contributed by atoms with Crippen LogP contribution >= 0.6 is 0 Å². The van der Waals surface area contributed by atoms with Crippen LogP contribution in [0.15, 0.2) is 12.4 Å². The molecule has 4 heterocycles. The summed E-state index contributed by atoms with van der Waals surface area (Å²) in [5, 5.41) is 136. The largest absolute Gasteiger partial charge is 0.390 e. The fourth-order valence-electron chi connectivity index (χ4n) is 18.8. The molecule has 4 rings (SSSR count). The average molecular weight is 1860 g/mol. The van der Waals surface area contributed by atoms with Crippen molar-refractivity contribution in [2.75, 3.05) is 13.2 Å². The smallest absolute Gasteiger partial charge is 0.220 e. The Balaban J connectivity index is 1.23. The topological polar surface area (TPSA) is 368 Å². The van der Waals surface area contributed by atoms with Gasteiger partial charge in [-0.05, 0) is 25.7 Å². The molecule has 2 saturated heterocycles. The number of aliphatic hydroxyl groups is 10. The van der Waals surface area contributed by atoms with Crippen molar-refractivity contribution in [1.29, 1.82) is 0 Å². The summed E-state index contributed by atoms with van der Waals surface area (Å²) >= 11 is 0. The number of nitrogens with one attached hydrogen (secondary N) is 2. The lowest BCUT2D eigenvalue weighted by molar-refractivity contribution is -0.301. The average Bonchev–Trinajstić information content (AvgIpc) is 1.23. The molecule has 2 aliphatic rings. The van der Waals surface area contributed by atoms with Crippen molar-refractivity contribution >= 4 is 11.8 Å². The number of aliphatic hydroxyl groups excluding tert-OH is 10. The fourth-order valence-corrected chi connectivity index (χ4v) is 18.8. The zero-order valence-corrected chi connectivity index (χ0v) is 84.0. The molecule has 0 unspecified atom stereocenters. The molecule has 12 N–H and O–H groups in total. The SMILES string of the molecule is CCCCCCCCCCCCCCCCCCCCCCCCCC(=O)N[C@@H](CO[C@H]1O[C@H](Cn2cc(COCc3cn(C[C@H]4O[C@H](OC[C@H](NC(=O)CCCCCCCCCCCCCCCCCCCCCCCCC)[C@H](O)[C@H](O)CCCCCCCCCCCCCC)[C@H](O)[C@@H](O)[C@H]4O)nn3)nn2)[C@H](O)[C@H](O)[C@H]1O)[C@H](O)[C@H](O)CCCCCCCCCCCCCC. The van der Waals surface area contributed by atoms with Crippen LogP contribution in [-0.4, -0.2) is 204 Å². The lowest BCUT2D eigenvalue weighted by Crippen LogP contribution is -2.60. The minimum absolute atomic E-state index is 0.0476. The Morgan fingerprint density at radius 2 is 0.527 bits per heavy atom. The maximum atomic E-state index is 13.6. The van der Waals surface area contributed by atoms with Crippen molar-refractivity contribution < 1.29 is 84.3 Å². The molecule has 0 radical (unpaired) electrons. The van der Waals surface area contributed by atoms with Gasteiger partial charge in [0.2, 0.25) is 11.8 Å². The van der Waals surface area contributed by atoms with Crippen LogP contribution in [0.3, 0.4) is 0 Å². The molecule has 0 aliphatic carbocycles. The first-order valence-corrected chi connectivity index (χ1v) is 55.3. The van der Waals surface area contributed by atoms with Crippen LogP contribution in [-0.2, 0) is 59.6 Å². The molecule has 0 spiro atoms. The lowest BCUT2D eigenvalue weighted by atomic mass is 9.98. The second-order valence-corrected chi connectivity index (χ2v) is 39.9. The van der Waals surface area contributed by atoms with Crippen LogP contribution in [0.4, 0.5) is 0 Å². The van der Waals surface area contributed by atoms with Crippen LogP contribution in [0, 0.1) is 0 Å². The highest BCUT2D eigenvalue weighted by Crippen LogP contribution is 2.29. The van der Waals surface area contributed by atoms with Gasteiger partial charge in [-0.1, -0.05) is 475 Å². The van der Waals surface area contributed by atoms with Gasteiger partial charge in [-0.25, -0.2) is 9.36 Å². The maximum Gasteiger partial charge on any atom is 0.220 e. The van der Waals surface area contributed by atoms with Gasteiger partial charge in [0.25, 0.3) is 0 Å². The molecule has 0 aromatic carbocycles. The third-order valence-electron chi connectivity index (χ3n) is 27.7. The predicted molar refractivity (Wildman–Crippen MR) is 526 cm³/mol. The molecule has 131 heavy (non-hydrogen) atoms.